The van der Waals surface area contributed by atoms with Gasteiger partial charge in [-0.2, -0.15) is 0 Å². The molecule has 0 bridgehead atoms. The van der Waals surface area contributed by atoms with Gasteiger partial charge in [-0.05, 0) is 36.1 Å². The molecule has 1 N–H and O–H groups in total. The lowest BCUT2D eigenvalue weighted by Crippen LogP contribution is -2.27. The molecule has 25 heavy (non-hydrogen) atoms. The van der Waals surface area contributed by atoms with E-state index in [2.05, 4.69) is 4.74 Å². The minimum Gasteiger partial charge on any atom is -0.480 e. The Hall–Kier alpha value is -2.47. The summed E-state index contributed by atoms with van der Waals surface area (Å²) in [7, 11) is -0.299. The highest BCUT2D eigenvalue weighted by Gasteiger charge is 2.24. The lowest BCUT2D eigenvalue weighted by Gasteiger charge is -2.13. The van der Waals surface area contributed by atoms with Crippen molar-refractivity contribution in [3.63, 3.8) is 0 Å². The van der Waals surface area contributed by atoms with E-state index in [-0.39, 0.29) is 5.75 Å². The predicted octanol–water partition coefficient (Wildman–Crippen LogP) is 2.81. The van der Waals surface area contributed by atoms with Crippen LogP contribution in [0, 0.1) is 0 Å². The number of rotatable bonds is 8. The maximum absolute atomic E-state index is 12.5. The monoisotopic (exact) mass is 360 g/mol. The zero-order valence-corrected chi connectivity index (χ0v) is 14.7. The SMILES string of the molecule is COC(=O)c1cccc(CS(=O)C(CCc2ccccc2)C(=O)O)c1. The number of ether oxygens (including phenoxy) is 1. The standard InChI is InChI=1S/C19H20O5S/c1-24-19(22)16-9-5-8-15(12-16)13-25(23)17(18(20)21)11-10-14-6-3-2-4-7-14/h2-9,12,17H,10-11,13H2,1H3,(H,20,21). The summed E-state index contributed by atoms with van der Waals surface area (Å²) in [5, 5.41) is 8.46. The van der Waals surface area contributed by atoms with Crippen LogP contribution in [0.4, 0.5) is 0 Å². The summed E-state index contributed by atoms with van der Waals surface area (Å²) in [6, 6.07) is 16.1. The summed E-state index contributed by atoms with van der Waals surface area (Å²) in [5.74, 6) is -1.47. The maximum Gasteiger partial charge on any atom is 0.337 e. The van der Waals surface area contributed by atoms with Gasteiger partial charge in [-0.1, -0.05) is 42.5 Å². The fraction of sp³-hybridized carbons (Fsp3) is 0.263. The first-order chi connectivity index (χ1) is 12.0. The molecule has 6 heteroatoms. The van der Waals surface area contributed by atoms with Crippen LogP contribution >= 0.6 is 0 Å². The third kappa shape index (κ3) is 5.53. The van der Waals surface area contributed by atoms with Crippen molar-refractivity contribution < 1.29 is 23.6 Å². The third-order valence-corrected chi connectivity index (χ3v) is 5.48. The lowest BCUT2D eigenvalue weighted by molar-refractivity contribution is -0.136. The topological polar surface area (TPSA) is 80.7 Å². The van der Waals surface area contributed by atoms with Crippen molar-refractivity contribution in [3.05, 3.63) is 71.3 Å². The van der Waals surface area contributed by atoms with E-state index in [1.165, 1.54) is 7.11 Å². The van der Waals surface area contributed by atoms with Gasteiger partial charge in [0, 0.05) is 16.6 Å². The fourth-order valence-electron chi connectivity index (χ4n) is 2.48. The van der Waals surface area contributed by atoms with Crippen molar-refractivity contribution in [2.24, 2.45) is 0 Å². The molecule has 2 aromatic rings. The summed E-state index contributed by atoms with van der Waals surface area (Å²) in [5.41, 5.74) is 2.01. The summed E-state index contributed by atoms with van der Waals surface area (Å²) in [6.07, 6.45) is 0.842. The molecular formula is C19H20O5S. The first-order valence-electron chi connectivity index (χ1n) is 7.82. The highest BCUT2D eigenvalue weighted by Crippen LogP contribution is 2.15. The molecule has 132 valence electrons. The van der Waals surface area contributed by atoms with Crippen molar-refractivity contribution in [1.82, 2.24) is 0 Å². The number of hydrogen-bond donors (Lipinski definition) is 1. The van der Waals surface area contributed by atoms with Crippen LogP contribution in [0.2, 0.25) is 0 Å². The van der Waals surface area contributed by atoms with E-state index in [9.17, 15) is 18.9 Å². The molecule has 2 aromatic carbocycles. The first-order valence-corrected chi connectivity index (χ1v) is 9.20. The van der Waals surface area contributed by atoms with Crippen molar-refractivity contribution in [3.8, 4) is 0 Å². The van der Waals surface area contributed by atoms with E-state index in [4.69, 9.17) is 0 Å². The van der Waals surface area contributed by atoms with Crippen molar-refractivity contribution in [1.29, 1.82) is 0 Å². The Balaban J connectivity index is 2.05. The van der Waals surface area contributed by atoms with Crippen molar-refractivity contribution in [2.75, 3.05) is 7.11 Å². The van der Waals surface area contributed by atoms with Crippen LogP contribution in [0.1, 0.15) is 27.9 Å². The largest absolute Gasteiger partial charge is 0.480 e. The average Bonchev–Trinajstić information content (AvgIpc) is 2.62. The molecule has 0 aliphatic heterocycles. The summed E-state index contributed by atoms with van der Waals surface area (Å²) in [6.45, 7) is 0. The summed E-state index contributed by atoms with van der Waals surface area (Å²) >= 11 is 0. The van der Waals surface area contributed by atoms with Crippen molar-refractivity contribution in [2.45, 2.75) is 23.8 Å². The molecular weight excluding hydrogens is 340 g/mol. The molecule has 0 aliphatic carbocycles. The van der Waals surface area contributed by atoms with E-state index in [1.54, 1.807) is 24.3 Å². The molecule has 2 unspecified atom stereocenters. The minimum absolute atomic E-state index is 0.0800. The maximum atomic E-state index is 12.5. The fourth-order valence-corrected chi connectivity index (χ4v) is 3.80. The second kappa shape index (κ2) is 9.13. The molecule has 5 nitrogen and oxygen atoms in total. The second-order valence-corrected chi connectivity index (χ2v) is 7.19. The predicted molar refractivity (Wildman–Crippen MR) is 95.8 cm³/mol. The van der Waals surface area contributed by atoms with Gasteiger partial charge in [0.25, 0.3) is 0 Å². The number of aryl methyl sites for hydroxylation is 1. The van der Waals surface area contributed by atoms with Gasteiger partial charge in [0.1, 0.15) is 5.25 Å². The Bertz CT molecular complexity index is 757. The van der Waals surface area contributed by atoms with Gasteiger partial charge in [0.05, 0.1) is 12.7 Å². The van der Waals surface area contributed by atoms with Crippen LogP contribution in [-0.2, 0) is 32.5 Å². The van der Waals surface area contributed by atoms with E-state index in [0.29, 0.717) is 24.0 Å². The van der Waals surface area contributed by atoms with Gasteiger partial charge in [-0.15, -0.1) is 0 Å². The van der Waals surface area contributed by atoms with E-state index >= 15 is 0 Å². The normalized spacial score (nSPS) is 13.0. The Morgan fingerprint density at radius 3 is 2.40 bits per heavy atom. The van der Waals surface area contributed by atoms with Crippen LogP contribution in [-0.4, -0.2) is 33.6 Å². The zero-order valence-electron chi connectivity index (χ0n) is 13.9. The van der Waals surface area contributed by atoms with E-state index in [1.807, 2.05) is 30.3 Å². The number of benzene rings is 2. The number of methoxy groups -OCH3 is 1. The molecule has 0 aromatic heterocycles. The summed E-state index contributed by atoms with van der Waals surface area (Å²) in [4.78, 5) is 23.1. The number of carboxylic acid groups (broad SMARTS) is 1. The molecule has 0 saturated carbocycles. The van der Waals surface area contributed by atoms with Gasteiger partial charge >= 0.3 is 11.9 Å². The van der Waals surface area contributed by atoms with Crippen LogP contribution < -0.4 is 0 Å². The molecule has 0 heterocycles. The average molecular weight is 360 g/mol. The molecule has 0 saturated heterocycles. The Labute approximate surface area is 149 Å². The van der Waals surface area contributed by atoms with E-state index in [0.717, 1.165) is 5.56 Å². The van der Waals surface area contributed by atoms with Crippen LogP contribution in [0.25, 0.3) is 0 Å². The highest BCUT2D eigenvalue weighted by molar-refractivity contribution is 7.85. The Kier molecular flexibility index (Phi) is 6.89. The lowest BCUT2D eigenvalue weighted by atomic mass is 10.1. The smallest absolute Gasteiger partial charge is 0.337 e. The van der Waals surface area contributed by atoms with Crippen LogP contribution in [0.5, 0.6) is 0 Å². The second-order valence-electron chi connectivity index (χ2n) is 5.57. The molecule has 0 radical (unpaired) electrons. The third-order valence-electron chi connectivity index (χ3n) is 3.79. The first kappa shape index (κ1) is 18.9. The molecule has 2 rings (SSSR count). The molecule has 0 aliphatic rings. The van der Waals surface area contributed by atoms with Gasteiger partial charge in [-0.25, -0.2) is 4.79 Å². The number of hydrogen-bond acceptors (Lipinski definition) is 4. The Morgan fingerprint density at radius 1 is 1.08 bits per heavy atom. The molecule has 0 spiro atoms. The number of aliphatic carboxylic acids is 1. The molecule has 2 atom stereocenters. The van der Waals surface area contributed by atoms with Crippen LogP contribution in [0.3, 0.4) is 0 Å². The zero-order chi connectivity index (χ0) is 18.2. The van der Waals surface area contributed by atoms with Crippen LogP contribution in [0.15, 0.2) is 54.6 Å². The molecule has 0 fully saturated rings. The molecule has 0 amide bonds. The number of esters is 1. The van der Waals surface area contributed by atoms with Crippen molar-refractivity contribution >= 4 is 22.7 Å². The highest BCUT2D eigenvalue weighted by atomic mass is 32.2. The quantitative estimate of drug-likeness (QED) is 0.732. The number of carbonyl (C=O) groups excluding carboxylic acids is 1. The summed E-state index contributed by atoms with van der Waals surface area (Å²) < 4.78 is 17.2. The number of carbonyl (C=O) groups is 2. The van der Waals surface area contributed by atoms with Gasteiger partial charge in [0.15, 0.2) is 0 Å². The van der Waals surface area contributed by atoms with E-state index < -0.39 is 28.0 Å². The van der Waals surface area contributed by atoms with Gasteiger partial charge < -0.3 is 9.84 Å². The Morgan fingerprint density at radius 2 is 1.76 bits per heavy atom. The minimum atomic E-state index is -1.59. The van der Waals surface area contributed by atoms with Gasteiger partial charge in [-0.3, -0.25) is 9.00 Å². The van der Waals surface area contributed by atoms with Gasteiger partial charge in [0.2, 0.25) is 0 Å². The number of carboxylic acids is 1.